The molecule has 0 saturated carbocycles. The van der Waals surface area contributed by atoms with Gasteiger partial charge in [-0.15, -0.1) is 0 Å². The molecule has 0 N–H and O–H groups in total. The number of unbranched alkanes of at least 4 members (excludes halogenated alkanes) is 18. The molecule has 0 aromatic carbocycles. The van der Waals surface area contributed by atoms with Crippen molar-refractivity contribution in [2.24, 2.45) is 0 Å². The van der Waals surface area contributed by atoms with E-state index < -0.39 is 12.1 Å². The highest BCUT2D eigenvalue weighted by molar-refractivity contribution is 5.72. The van der Waals surface area contributed by atoms with E-state index in [4.69, 9.17) is 14.2 Å². The van der Waals surface area contributed by atoms with Gasteiger partial charge in [-0.2, -0.15) is 0 Å². The fourth-order valence-electron chi connectivity index (χ4n) is 6.35. The highest BCUT2D eigenvalue weighted by Gasteiger charge is 2.19. The van der Waals surface area contributed by atoms with Crippen LogP contribution in [0.5, 0.6) is 0 Å². The van der Waals surface area contributed by atoms with E-state index in [1.165, 1.54) is 57.8 Å². The molecule has 0 aromatic rings. The Morgan fingerprint density at radius 3 is 1.27 bits per heavy atom. The molecular formula is C57H90O6. The van der Waals surface area contributed by atoms with Crippen LogP contribution in [-0.4, -0.2) is 37.2 Å². The molecule has 0 aromatic heterocycles. The number of rotatable bonds is 43. The predicted octanol–water partition coefficient (Wildman–Crippen LogP) is 16.5. The Kier molecular flexibility index (Phi) is 47.1. The van der Waals surface area contributed by atoms with E-state index in [2.05, 4.69) is 93.7 Å². The summed E-state index contributed by atoms with van der Waals surface area (Å²) in [6.07, 6.45) is 69.3. The molecule has 0 rings (SSSR count). The summed E-state index contributed by atoms with van der Waals surface area (Å²) in [6, 6.07) is 0. The highest BCUT2D eigenvalue weighted by Crippen LogP contribution is 2.12. The van der Waals surface area contributed by atoms with Gasteiger partial charge in [-0.25, -0.2) is 0 Å². The van der Waals surface area contributed by atoms with Gasteiger partial charge in [0.05, 0.1) is 6.42 Å². The number of ether oxygens (including phenoxy) is 3. The van der Waals surface area contributed by atoms with Crippen LogP contribution < -0.4 is 0 Å². The van der Waals surface area contributed by atoms with E-state index in [1.54, 1.807) is 6.08 Å². The highest BCUT2D eigenvalue weighted by atomic mass is 16.6. The minimum Gasteiger partial charge on any atom is -0.462 e. The molecule has 0 aliphatic carbocycles. The number of allylic oxidation sites excluding steroid dienone is 19. The number of hydrogen-bond donors (Lipinski definition) is 0. The zero-order chi connectivity index (χ0) is 45.8. The molecule has 0 heterocycles. The second kappa shape index (κ2) is 50.5. The SMILES string of the molecule is CC/C=C\C/C=C\C/C=C\CC(=O)OCC(COC(=O)CCCCCCC\C=C/C=C\C=C/C=C\C=C/CCC)OC(=O)CCCCCCC/C=C\C=C/CCCCCCCCC. The Bertz CT molecular complexity index is 1370. The summed E-state index contributed by atoms with van der Waals surface area (Å²) in [5.41, 5.74) is 0. The Balaban J connectivity index is 4.49. The second-order valence-corrected chi connectivity index (χ2v) is 16.2. The molecule has 0 fully saturated rings. The van der Waals surface area contributed by atoms with Gasteiger partial charge >= 0.3 is 17.9 Å². The topological polar surface area (TPSA) is 78.9 Å². The quantitative estimate of drug-likeness (QED) is 0.0200. The molecule has 0 saturated heterocycles. The van der Waals surface area contributed by atoms with Crippen molar-refractivity contribution in [2.75, 3.05) is 13.2 Å². The molecule has 354 valence electrons. The number of esters is 3. The van der Waals surface area contributed by atoms with Crippen LogP contribution in [0.3, 0.4) is 0 Å². The monoisotopic (exact) mass is 871 g/mol. The smallest absolute Gasteiger partial charge is 0.309 e. The fraction of sp³-hybridized carbons (Fsp3) is 0.596. The van der Waals surface area contributed by atoms with Crippen molar-refractivity contribution in [2.45, 2.75) is 207 Å². The van der Waals surface area contributed by atoms with Crippen LogP contribution in [0, 0.1) is 0 Å². The summed E-state index contributed by atoms with van der Waals surface area (Å²) >= 11 is 0. The molecule has 0 aliphatic rings. The molecule has 6 nitrogen and oxygen atoms in total. The standard InChI is InChI=1S/C57H90O6/c1-4-7-10-13-16-19-21-23-25-27-29-31-33-35-38-41-44-47-50-56(59)62-53-54(52-61-55(58)49-46-43-40-37-18-15-12-9-6-3)63-57(60)51-48-45-42-39-36-34-32-30-28-26-24-22-20-17-14-11-8-5-2/h9-10,12-13,16,18-19,21,23,25-32,37,43,46,54H,4-8,11,14-15,17,20,22,24,33-36,38-42,44-45,47-53H2,1-3H3/b12-9-,13-10-,19-16-,23-21-,27-25-,28-26-,31-29-,32-30-,37-18-,46-43-. The van der Waals surface area contributed by atoms with E-state index >= 15 is 0 Å². The van der Waals surface area contributed by atoms with Gasteiger partial charge in [-0.3, -0.25) is 14.4 Å². The van der Waals surface area contributed by atoms with Gasteiger partial charge in [0, 0.05) is 12.8 Å². The van der Waals surface area contributed by atoms with Crippen LogP contribution in [0.25, 0.3) is 0 Å². The first-order chi connectivity index (χ1) is 31.0. The molecule has 0 spiro atoms. The molecule has 63 heavy (non-hydrogen) atoms. The maximum Gasteiger partial charge on any atom is 0.309 e. The van der Waals surface area contributed by atoms with E-state index in [1.807, 2.05) is 42.5 Å². The van der Waals surface area contributed by atoms with Crippen LogP contribution in [0.15, 0.2) is 122 Å². The lowest BCUT2D eigenvalue weighted by molar-refractivity contribution is -0.166. The Labute approximate surface area is 386 Å². The first kappa shape index (κ1) is 58.8. The van der Waals surface area contributed by atoms with Crippen LogP contribution >= 0.6 is 0 Å². The Hall–Kier alpha value is -4.19. The van der Waals surface area contributed by atoms with Gasteiger partial charge in [-0.05, 0) is 77.0 Å². The van der Waals surface area contributed by atoms with Gasteiger partial charge in [0.1, 0.15) is 13.2 Å². The molecule has 1 unspecified atom stereocenters. The average Bonchev–Trinajstić information content (AvgIpc) is 3.28. The van der Waals surface area contributed by atoms with E-state index in [9.17, 15) is 14.4 Å². The van der Waals surface area contributed by atoms with E-state index in [0.717, 1.165) is 103 Å². The molecule has 0 radical (unpaired) electrons. The number of hydrogen-bond acceptors (Lipinski definition) is 6. The molecule has 0 bridgehead atoms. The van der Waals surface area contributed by atoms with Crippen LogP contribution in [0.1, 0.15) is 201 Å². The van der Waals surface area contributed by atoms with Crippen molar-refractivity contribution in [3.8, 4) is 0 Å². The first-order valence-corrected chi connectivity index (χ1v) is 25.1. The largest absolute Gasteiger partial charge is 0.462 e. The summed E-state index contributed by atoms with van der Waals surface area (Å²) < 4.78 is 16.6. The van der Waals surface area contributed by atoms with Gasteiger partial charge in [0.2, 0.25) is 0 Å². The fourth-order valence-corrected chi connectivity index (χ4v) is 6.35. The first-order valence-electron chi connectivity index (χ1n) is 25.1. The molecular weight excluding hydrogens is 781 g/mol. The number of carbonyl (C=O) groups is 3. The zero-order valence-electron chi connectivity index (χ0n) is 40.3. The van der Waals surface area contributed by atoms with Crippen molar-refractivity contribution in [3.63, 3.8) is 0 Å². The average molecular weight is 871 g/mol. The maximum atomic E-state index is 12.8. The third kappa shape index (κ3) is 48.7. The van der Waals surface area contributed by atoms with Gasteiger partial charge in [0.15, 0.2) is 6.10 Å². The van der Waals surface area contributed by atoms with E-state index in [0.29, 0.717) is 6.42 Å². The molecule has 1 atom stereocenters. The number of carbonyl (C=O) groups excluding carboxylic acids is 3. The predicted molar refractivity (Wildman–Crippen MR) is 269 cm³/mol. The summed E-state index contributed by atoms with van der Waals surface area (Å²) in [5.74, 6) is -1.10. The summed E-state index contributed by atoms with van der Waals surface area (Å²) in [6.45, 7) is 6.27. The van der Waals surface area contributed by atoms with Crippen LogP contribution in [0.4, 0.5) is 0 Å². The third-order valence-corrected chi connectivity index (χ3v) is 10.1. The Morgan fingerprint density at radius 2 is 0.762 bits per heavy atom. The van der Waals surface area contributed by atoms with Gasteiger partial charge in [-0.1, -0.05) is 226 Å². The zero-order valence-corrected chi connectivity index (χ0v) is 40.3. The lowest BCUT2D eigenvalue weighted by atomic mass is 10.1. The van der Waals surface area contributed by atoms with Crippen molar-refractivity contribution in [1.29, 1.82) is 0 Å². The third-order valence-electron chi connectivity index (χ3n) is 10.1. The molecule has 0 aliphatic heterocycles. The second-order valence-electron chi connectivity index (χ2n) is 16.2. The lowest BCUT2D eigenvalue weighted by Crippen LogP contribution is -2.30. The minimum absolute atomic E-state index is 0.121. The van der Waals surface area contributed by atoms with Gasteiger partial charge in [0.25, 0.3) is 0 Å². The van der Waals surface area contributed by atoms with Crippen LogP contribution in [0.2, 0.25) is 0 Å². The lowest BCUT2D eigenvalue weighted by Gasteiger charge is -2.18. The maximum absolute atomic E-state index is 12.8. The Morgan fingerprint density at radius 1 is 0.365 bits per heavy atom. The van der Waals surface area contributed by atoms with E-state index in [-0.39, 0.29) is 38.0 Å². The minimum atomic E-state index is -0.835. The van der Waals surface area contributed by atoms with Gasteiger partial charge < -0.3 is 14.2 Å². The van der Waals surface area contributed by atoms with Crippen molar-refractivity contribution in [3.05, 3.63) is 122 Å². The van der Waals surface area contributed by atoms with Crippen molar-refractivity contribution in [1.82, 2.24) is 0 Å². The normalized spacial score (nSPS) is 13.1. The van der Waals surface area contributed by atoms with Crippen molar-refractivity contribution >= 4 is 17.9 Å². The van der Waals surface area contributed by atoms with Crippen molar-refractivity contribution < 1.29 is 28.6 Å². The summed E-state index contributed by atoms with van der Waals surface area (Å²) in [4.78, 5) is 37.8. The molecule has 6 heteroatoms. The van der Waals surface area contributed by atoms with Crippen LogP contribution in [-0.2, 0) is 28.6 Å². The molecule has 0 amide bonds. The summed E-state index contributed by atoms with van der Waals surface area (Å²) in [7, 11) is 0. The summed E-state index contributed by atoms with van der Waals surface area (Å²) in [5, 5.41) is 0.